The minimum Gasteiger partial charge on any atom is -0.479 e. The molecule has 0 saturated heterocycles. The fourth-order valence-corrected chi connectivity index (χ4v) is 2.93. The van der Waals surface area contributed by atoms with Crippen LogP contribution in [0.2, 0.25) is 0 Å². The summed E-state index contributed by atoms with van der Waals surface area (Å²) < 4.78 is 52.3. The topological polar surface area (TPSA) is 97.3 Å². The smallest absolute Gasteiger partial charge is 0.416 e. The van der Waals surface area contributed by atoms with E-state index in [2.05, 4.69) is 4.98 Å². The van der Waals surface area contributed by atoms with Crippen molar-refractivity contribution < 1.29 is 27.4 Å². The number of hydrogen-bond donors (Lipinski definition) is 0. The van der Waals surface area contributed by atoms with Gasteiger partial charge in [-0.15, -0.1) is 0 Å². The van der Waals surface area contributed by atoms with E-state index in [4.69, 9.17) is 9.47 Å². The molecule has 1 unspecified atom stereocenters. The summed E-state index contributed by atoms with van der Waals surface area (Å²) in [7, 11) is 2.82. The van der Waals surface area contributed by atoms with E-state index in [9.17, 15) is 27.6 Å². The fourth-order valence-electron chi connectivity index (χ4n) is 2.93. The van der Waals surface area contributed by atoms with Crippen LogP contribution in [0.3, 0.4) is 0 Å². The van der Waals surface area contributed by atoms with Gasteiger partial charge in [0.1, 0.15) is 12.4 Å². The zero-order valence-corrected chi connectivity index (χ0v) is 16.8. The molecule has 2 aromatic heterocycles. The maximum Gasteiger partial charge on any atom is 0.416 e. The van der Waals surface area contributed by atoms with Crippen molar-refractivity contribution in [2.24, 2.45) is 14.1 Å². The lowest BCUT2D eigenvalue weighted by molar-refractivity contribution is -0.151. The molecule has 0 bridgehead atoms. The number of ether oxygens (including phenoxy) is 2. The highest BCUT2D eigenvalue weighted by Crippen LogP contribution is 2.31. The Morgan fingerprint density at radius 2 is 1.90 bits per heavy atom. The molecular formula is C19H19F3N4O5. The van der Waals surface area contributed by atoms with Gasteiger partial charge in [0.05, 0.1) is 18.4 Å². The quantitative estimate of drug-likeness (QED) is 0.539. The molecule has 0 spiro atoms. The first kappa shape index (κ1) is 22.1. The minimum atomic E-state index is -4.53. The van der Waals surface area contributed by atoms with E-state index < -0.39 is 35.1 Å². The number of esters is 1. The number of fused-ring (bicyclic) bond motifs is 1. The molecule has 3 aromatic rings. The summed E-state index contributed by atoms with van der Waals surface area (Å²) in [6, 6.07) is 4.16. The average molecular weight is 440 g/mol. The van der Waals surface area contributed by atoms with Crippen LogP contribution in [0.4, 0.5) is 13.2 Å². The number of benzene rings is 1. The lowest BCUT2D eigenvalue weighted by atomic mass is 10.2. The third-order valence-corrected chi connectivity index (χ3v) is 4.60. The molecule has 1 atom stereocenters. The zero-order valence-electron chi connectivity index (χ0n) is 16.8. The summed E-state index contributed by atoms with van der Waals surface area (Å²) in [4.78, 5) is 40.5. The standard InChI is InChI=1S/C19H19F3N4O5/c1-11(31-13-6-4-5-12(9-13)19(20,21)22)17(28)30-8-7-26-10-23-15-14(26)16(27)25(3)18(29)24(15)2/h4-6,9-11H,7-8H2,1-3H3. The number of halogens is 3. The first-order valence-electron chi connectivity index (χ1n) is 9.12. The highest BCUT2D eigenvalue weighted by atomic mass is 19.4. The molecule has 1 aromatic carbocycles. The molecule has 2 heterocycles. The zero-order chi connectivity index (χ0) is 22.9. The van der Waals surface area contributed by atoms with E-state index in [1.165, 1.54) is 48.6 Å². The molecule has 0 saturated carbocycles. The lowest BCUT2D eigenvalue weighted by Crippen LogP contribution is -2.37. The second-order valence-corrected chi connectivity index (χ2v) is 6.77. The van der Waals surface area contributed by atoms with E-state index in [0.717, 1.165) is 16.7 Å². The van der Waals surface area contributed by atoms with Crippen LogP contribution < -0.4 is 16.0 Å². The van der Waals surface area contributed by atoms with Crippen molar-refractivity contribution in [2.45, 2.75) is 25.7 Å². The molecular weight excluding hydrogens is 421 g/mol. The van der Waals surface area contributed by atoms with Crippen molar-refractivity contribution in [1.29, 1.82) is 0 Å². The largest absolute Gasteiger partial charge is 0.479 e. The molecule has 166 valence electrons. The molecule has 0 aliphatic carbocycles. The maximum absolute atomic E-state index is 12.8. The number of alkyl halides is 3. The normalized spacial score (nSPS) is 12.7. The highest BCUT2D eigenvalue weighted by molar-refractivity contribution is 5.74. The van der Waals surface area contributed by atoms with Gasteiger partial charge in [-0.1, -0.05) is 6.07 Å². The summed E-state index contributed by atoms with van der Waals surface area (Å²) in [5.41, 5.74) is -1.58. The van der Waals surface area contributed by atoms with Crippen LogP contribution in [-0.4, -0.2) is 37.4 Å². The Bertz CT molecular complexity index is 1240. The summed E-state index contributed by atoms with van der Waals surface area (Å²) in [5, 5.41) is 0. The van der Waals surface area contributed by atoms with Crippen LogP contribution in [0.15, 0.2) is 40.2 Å². The molecule has 0 amide bonds. The average Bonchev–Trinajstić information content (AvgIpc) is 3.14. The van der Waals surface area contributed by atoms with Crippen LogP contribution in [0, 0.1) is 0 Å². The Labute approximate surface area is 173 Å². The van der Waals surface area contributed by atoms with E-state index in [0.29, 0.717) is 0 Å². The summed E-state index contributed by atoms with van der Waals surface area (Å²) in [6.07, 6.45) is -4.34. The Morgan fingerprint density at radius 1 is 1.19 bits per heavy atom. The number of imidazole rings is 1. The molecule has 0 aliphatic heterocycles. The number of rotatable bonds is 6. The van der Waals surface area contributed by atoms with E-state index in [1.54, 1.807) is 0 Å². The molecule has 31 heavy (non-hydrogen) atoms. The molecule has 0 fully saturated rings. The molecule has 9 nitrogen and oxygen atoms in total. The van der Waals surface area contributed by atoms with E-state index >= 15 is 0 Å². The predicted molar refractivity (Wildman–Crippen MR) is 103 cm³/mol. The van der Waals surface area contributed by atoms with Crippen LogP contribution in [0.5, 0.6) is 5.75 Å². The second-order valence-electron chi connectivity index (χ2n) is 6.77. The predicted octanol–water partition coefficient (Wildman–Crippen LogP) is 1.46. The lowest BCUT2D eigenvalue weighted by Gasteiger charge is -2.15. The Morgan fingerprint density at radius 3 is 2.58 bits per heavy atom. The van der Waals surface area contributed by atoms with Gasteiger partial charge in [-0.2, -0.15) is 13.2 Å². The molecule has 0 N–H and O–H groups in total. The molecule has 3 rings (SSSR count). The number of carbonyl (C=O) groups excluding carboxylic acids is 1. The number of carbonyl (C=O) groups is 1. The van der Waals surface area contributed by atoms with Gasteiger partial charge in [-0.05, 0) is 25.1 Å². The summed E-state index contributed by atoms with van der Waals surface area (Å²) in [6.45, 7) is 1.28. The number of aromatic nitrogens is 4. The fraction of sp³-hybridized carbons (Fsp3) is 0.368. The van der Waals surface area contributed by atoms with Gasteiger partial charge in [0.25, 0.3) is 5.56 Å². The first-order chi connectivity index (χ1) is 14.5. The van der Waals surface area contributed by atoms with Crippen molar-refractivity contribution in [3.05, 3.63) is 57.0 Å². The third kappa shape index (κ3) is 4.47. The second kappa shape index (κ2) is 8.28. The molecule has 0 aliphatic rings. The van der Waals surface area contributed by atoms with Gasteiger partial charge in [0, 0.05) is 14.1 Å². The number of nitrogens with zero attached hydrogens (tertiary/aromatic N) is 4. The van der Waals surface area contributed by atoms with E-state index in [-0.39, 0.29) is 30.1 Å². The Balaban J connectivity index is 1.64. The van der Waals surface area contributed by atoms with Gasteiger partial charge < -0.3 is 14.0 Å². The number of hydrogen-bond acceptors (Lipinski definition) is 6. The molecule has 0 radical (unpaired) electrons. The van der Waals surface area contributed by atoms with Gasteiger partial charge >= 0.3 is 17.8 Å². The monoisotopic (exact) mass is 440 g/mol. The molecule has 12 heteroatoms. The van der Waals surface area contributed by atoms with Crippen LogP contribution in [0.25, 0.3) is 11.2 Å². The van der Waals surface area contributed by atoms with Crippen LogP contribution in [-0.2, 0) is 36.3 Å². The van der Waals surface area contributed by atoms with Crippen LogP contribution in [0.1, 0.15) is 12.5 Å². The first-order valence-corrected chi connectivity index (χ1v) is 9.12. The van der Waals surface area contributed by atoms with Crippen LogP contribution >= 0.6 is 0 Å². The van der Waals surface area contributed by atoms with Gasteiger partial charge in [0.15, 0.2) is 17.3 Å². The van der Waals surface area contributed by atoms with Crippen molar-refractivity contribution in [2.75, 3.05) is 6.61 Å². The third-order valence-electron chi connectivity index (χ3n) is 4.60. The summed E-state index contributed by atoms with van der Waals surface area (Å²) >= 11 is 0. The van der Waals surface area contributed by atoms with E-state index in [1.807, 2.05) is 0 Å². The van der Waals surface area contributed by atoms with Gasteiger partial charge in [-0.25, -0.2) is 14.6 Å². The number of aryl methyl sites for hydroxylation is 1. The Hall–Kier alpha value is -3.57. The maximum atomic E-state index is 12.8. The van der Waals surface area contributed by atoms with Crippen molar-refractivity contribution in [3.8, 4) is 5.75 Å². The van der Waals surface area contributed by atoms with Crippen molar-refractivity contribution >= 4 is 17.1 Å². The SMILES string of the molecule is CC(Oc1cccc(C(F)(F)F)c1)C(=O)OCCn1cnc2c1c(=O)n(C)c(=O)n2C. The van der Waals surface area contributed by atoms with Gasteiger partial charge in [0.2, 0.25) is 0 Å². The highest BCUT2D eigenvalue weighted by Gasteiger charge is 2.31. The van der Waals surface area contributed by atoms with Crippen molar-refractivity contribution in [3.63, 3.8) is 0 Å². The van der Waals surface area contributed by atoms with Gasteiger partial charge in [-0.3, -0.25) is 13.9 Å². The van der Waals surface area contributed by atoms with Crippen molar-refractivity contribution in [1.82, 2.24) is 18.7 Å². The Kier molecular flexibility index (Phi) is 5.91. The minimum absolute atomic E-state index is 0.0754. The summed E-state index contributed by atoms with van der Waals surface area (Å²) in [5.74, 6) is -0.911.